The minimum atomic E-state index is 0. The maximum Gasteiger partial charge on any atom is 2.00 e. The van der Waals surface area contributed by atoms with Crippen LogP contribution in [0.1, 0.15) is 47.0 Å². The van der Waals surface area contributed by atoms with Crippen LogP contribution in [-0.2, 0) is 31.0 Å². The zero-order valence-corrected chi connectivity index (χ0v) is 14.6. The second kappa shape index (κ2) is 87.6. The van der Waals surface area contributed by atoms with Crippen molar-refractivity contribution >= 4 is 6.08 Å². The monoisotopic (exact) mass is 341 g/mol. The smallest absolute Gasteiger partial charge is 0.724 e. The molecule has 0 unspecified atom stereocenters. The van der Waals surface area contributed by atoms with Crippen LogP contribution in [-0.4, -0.2) is 41.2 Å². The summed E-state index contributed by atoms with van der Waals surface area (Å²) in [6.45, 7) is 11.8. The molecule has 0 radical (unpaired) electrons. The molecule has 0 aliphatic rings. The van der Waals surface area contributed by atoms with Crippen LogP contribution in [0.4, 0.5) is 0 Å². The molecule has 0 aromatic rings. The molecule has 5 nitrogen and oxygen atoms in total. The SMILES string of the molecule is CCCO.CCCO.CCCO.[CH2-]C.[N-]=C=O.[Zr+2]. The van der Waals surface area contributed by atoms with Crippen molar-refractivity contribution < 1.29 is 46.3 Å². The molecule has 0 atom stereocenters. The molecular formula is C12H29NO4Zr. The zero-order chi connectivity index (χ0) is 14.9. The van der Waals surface area contributed by atoms with Crippen molar-refractivity contribution in [1.82, 2.24) is 0 Å². The normalized spacial score (nSPS) is 5.78. The maximum atomic E-state index is 8.24. The Bertz CT molecular complexity index is 84.6. The van der Waals surface area contributed by atoms with Gasteiger partial charge in [0.25, 0.3) is 0 Å². The van der Waals surface area contributed by atoms with E-state index in [1.165, 1.54) is 0 Å². The number of carbonyl (C=O) groups excluding carboxylic acids is 1. The molecule has 18 heavy (non-hydrogen) atoms. The molecule has 0 spiro atoms. The van der Waals surface area contributed by atoms with Gasteiger partial charge in [0.2, 0.25) is 0 Å². The van der Waals surface area contributed by atoms with Crippen LogP contribution < -0.4 is 0 Å². The van der Waals surface area contributed by atoms with E-state index >= 15 is 0 Å². The van der Waals surface area contributed by atoms with Crippen molar-refractivity contribution in [2.45, 2.75) is 47.0 Å². The summed E-state index contributed by atoms with van der Waals surface area (Å²) in [6, 6.07) is 0. The van der Waals surface area contributed by atoms with Crippen molar-refractivity contribution in [2.24, 2.45) is 0 Å². The van der Waals surface area contributed by atoms with Gasteiger partial charge < -0.3 is 27.7 Å². The van der Waals surface area contributed by atoms with E-state index in [2.05, 4.69) is 6.92 Å². The molecule has 0 aliphatic carbocycles. The fourth-order valence-electron chi connectivity index (χ4n) is 0. The largest absolute Gasteiger partial charge is 2.00 e. The van der Waals surface area contributed by atoms with Gasteiger partial charge in [-0.1, -0.05) is 20.8 Å². The third kappa shape index (κ3) is 375. The van der Waals surface area contributed by atoms with Crippen LogP contribution in [0.25, 0.3) is 5.41 Å². The number of hydrogen-bond donors (Lipinski definition) is 3. The van der Waals surface area contributed by atoms with Gasteiger partial charge in [-0.05, 0) is 25.3 Å². The van der Waals surface area contributed by atoms with Crippen LogP contribution >= 0.6 is 0 Å². The van der Waals surface area contributed by atoms with Crippen LogP contribution in [0, 0.1) is 6.92 Å². The third-order valence-electron chi connectivity index (χ3n) is 0.671. The summed E-state index contributed by atoms with van der Waals surface area (Å²) in [5.74, 6) is 0. The molecule has 0 saturated carbocycles. The van der Waals surface area contributed by atoms with E-state index in [0.717, 1.165) is 19.3 Å². The van der Waals surface area contributed by atoms with E-state index in [4.69, 9.17) is 25.5 Å². The van der Waals surface area contributed by atoms with E-state index in [9.17, 15) is 0 Å². The number of hydrogen-bond acceptors (Lipinski definition) is 4. The molecule has 0 rings (SSSR count). The number of aliphatic hydroxyl groups is 3. The molecule has 110 valence electrons. The van der Waals surface area contributed by atoms with Crippen LogP contribution in [0.15, 0.2) is 0 Å². The zero-order valence-electron chi connectivity index (χ0n) is 12.1. The Morgan fingerprint density at radius 1 is 0.889 bits per heavy atom. The van der Waals surface area contributed by atoms with Gasteiger partial charge in [0.1, 0.15) is 0 Å². The summed E-state index contributed by atoms with van der Waals surface area (Å²) < 4.78 is 0. The predicted molar refractivity (Wildman–Crippen MR) is 72.2 cm³/mol. The summed E-state index contributed by atoms with van der Waals surface area (Å²) in [6.07, 6.45) is 3.12. The fourth-order valence-corrected chi connectivity index (χ4v) is 0. The van der Waals surface area contributed by atoms with Gasteiger partial charge in [-0.25, -0.2) is 0 Å². The van der Waals surface area contributed by atoms with Crippen molar-refractivity contribution in [3.8, 4) is 0 Å². The summed E-state index contributed by atoms with van der Waals surface area (Å²) in [5, 5.41) is 30.4. The van der Waals surface area contributed by atoms with Gasteiger partial charge in [-0.3, -0.25) is 4.79 Å². The minimum absolute atomic E-state index is 0. The molecule has 0 aliphatic heterocycles. The van der Waals surface area contributed by atoms with Gasteiger partial charge in [0, 0.05) is 19.8 Å². The number of nitrogens with zero attached hydrogens (tertiary/aromatic N) is 1. The van der Waals surface area contributed by atoms with Gasteiger partial charge in [0.15, 0.2) is 0 Å². The summed E-state index contributed by atoms with van der Waals surface area (Å²) in [7, 11) is 0. The van der Waals surface area contributed by atoms with Crippen LogP contribution in [0.3, 0.4) is 0 Å². The second-order valence-electron chi connectivity index (χ2n) is 2.26. The van der Waals surface area contributed by atoms with E-state index in [1.807, 2.05) is 20.8 Å². The molecule has 0 aromatic heterocycles. The predicted octanol–water partition coefficient (Wildman–Crippen LogP) is 1.90. The average molecular weight is 343 g/mol. The molecule has 0 amide bonds. The van der Waals surface area contributed by atoms with Crippen molar-refractivity contribution in [1.29, 1.82) is 0 Å². The Hall–Kier alpha value is 0.143. The average Bonchev–Trinajstić information content (AvgIpc) is 2.42. The van der Waals surface area contributed by atoms with Crippen molar-refractivity contribution in [3.63, 3.8) is 0 Å². The van der Waals surface area contributed by atoms with Gasteiger partial charge in [-0.2, -0.15) is 6.92 Å². The number of isocyanates is 1. The Morgan fingerprint density at radius 2 is 0.944 bits per heavy atom. The first-order valence-electron chi connectivity index (χ1n) is 5.70. The maximum absolute atomic E-state index is 8.24. The molecule has 0 heterocycles. The van der Waals surface area contributed by atoms with E-state index in [1.54, 1.807) is 6.92 Å². The Kier molecular flexibility index (Phi) is 176. The van der Waals surface area contributed by atoms with Crippen LogP contribution in [0.2, 0.25) is 0 Å². The Labute approximate surface area is 131 Å². The molecule has 0 bridgehead atoms. The summed E-state index contributed by atoms with van der Waals surface area (Å²) >= 11 is 0. The van der Waals surface area contributed by atoms with Crippen molar-refractivity contribution in [2.75, 3.05) is 19.8 Å². The number of aliphatic hydroxyl groups excluding tert-OH is 3. The Balaban J connectivity index is -0.0000000252. The molecule has 6 heteroatoms. The quantitative estimate of drug-likeness (QED) is 0.414. The van der Waals surface area contributed by atoms with Gasteiger partial charge >= 0.3 is 26.2 Å². The standard InChI is InChI=1S/3C3H8O.C2H5.CNO.Zr/c3*1-2-3-4;1-2;2-1-3;/h3*4H,2-3H2,1H3;1H2,2H3;;/q;;;2*-1;+2. The molecule has 0 fully saturated rings. The molecule has 0 aromatic carbocycles. The Morgan fingerprint density at radius 3 is 0.944 bits per heavy atom. The molecule has 0 saturated heterocycles. The fraction of sp³-hybridized carbons (Fsp3) is 0.833. The van der Waals surface area contributed by atoms with E-state index < -0.39 is 0 Å². The van der Waals surface area contributed by atoms with Crippen molar-refractivity contribution in [3.05, 3.63) is 12.3 Å². The molecule has 3 N–H and O–H groups in total. The van der Waals surface area contributed by atoms with E-state index in [-0.39, 0.29) is 26.2 Å². The van der Waals surface area contributed by atoms with E-state index in [0.29, 0.717) is 25.9 Å². The topological polar surface area (TPSA) is 100 Å². The first-order valence-corrected chi connectivity index (χ1v) is 5.70. The number of rotatable bonds is 3. The van der Waals surface area contributed by atoms with Gasteiger partial charge in [0.05, 0.1) is 0 Å². The van der Waals surface area contributed by atoms with Gasteiger partial charge in [-0.15, -0.1) is 0 Å². The minimum Gasteiger partial charge on any atom is -0.724 e. The summed E-state index contributed by atoms with van der Waals surface area (Å²) in [5.41, 5.74) is 0. The first-order chi connectivity index (χ1) is 8.16. The molecular weight excluding hydrogens is 313 g/mol. The van der Waals surface area contributed by atoms with Crippen LogP contribution in [0.5, 0.6) is 0 Å². The third-order valence-corrected chi connectivity index (χ3v) is 0.671. The summed E-state index contributed by atoms with van der Waals surface area (Å²) in [4.78, 5) is 8.24. The first kappa shape index (κ1) is 36.2. The second-order valence-corrected chi connectivity index (χ2v) is 2.26.